The number of hydrogen-bond donors (Lipinski definition) is 2. The van der Waals surface area contributed by atoms with Crippen molar-refractivity contribution < 1.29 is 15.0 Å². The zero-order valence-corrected chi connectivity index (χ0v) is 21.3. The molecule has 0 saturated heterocycles. The Morgan fingerprint density at radius 2 is 1.66 bits per heavy atom. The van der Waals surface area contributed by atoms with Crippen LogP contribution in [0.25, 0.3) is 0 Å². The van der Waals surface area contributed by atoms with Crippen LogP contribution >= 0.6 is 0 Å². The minimum atomic E-state index is -0.816. The minimum absolute atomic E-state index is 0.0795. The number of aliphatic hydroxyl groups excluding tert-OH is 1. The number of allylic oxidation sites excluding steroid dienone is 1. The van der Waals surface area contributed by atoms with Gasteiger partial charge in [0.15, 0.2) is 0 Å². The summed E-state index contributed by atoms with van der Waals surface area (Å²) in [6.07, 6.45) is 15.1. The maximum absolute atomic E-state index is 10.9. The zero-order chi connectivity index (χ0) is 23.3. The third-order valence-corrected chi connectivity index (χ3v) is 11.5. The lowest BCUT2D eigenvalue weighted by atomic mass is 9.43. The maximum Gasteiger partial charge on any atom is 0.328 e. The molecule has 182 valence electrons. The Morgan fingerprint density at radius 3 is 2.38 bits per heavy atom. The Kier molecular flexibility index (Phi) is 6.90. The highest BCUT2D eigenvalue weighted by molar-refractivity contribution is 5.80. The first-order valence-corrected chi connectivity index (χ1v) is 13.7. The highest BCUT2D eigenvalue weighted by atomic mass is 16.4. The van der Waals surface area contributed by atoms with Gasteiger partial charge in [-0.05, 0) is 123 Å². The molecule has 0 heterocycles. The van der Waals surface area contributed by atoms with Crippen molar-refractivity contribution in [3.05, 3.63) is 11.6 Å². The molecule has 4 aliphatic carbocycles. The molecule has 4 aliphatic rings. The van der Waals surface area contributed by atoms with E-state index in [0.29, 0.717) is 16.7 Å². The lowest BCUT2D eigenvalue weighted by Gasteiger charge is -2.62. The quantitative estimate of drug-likeness (QED) is 0.430. The molecular formula is C29H48O3. The van der Waals surface area contributed by atoms with Crippen molar-refractivity contribution in [2.45, 2.75) is 111 Å². The fourth-order valence-corrected chi connectivity index (χ4v) is 9.87. The summed E-state index contributed by atoms with van der Waals surface area (Å²) in [6, 6.07) is 0. The SMILES string of the molecule is CC(=CC(=O)O)CCCC(C)[C@H]1CC[C@H]2[C@@H]3CCC4[C@H](C)[C@@H](O)CC[C@]4(C)[C@H]3CC[C@]12C. The lowest BCUT2D eigenvalue weighted by Crippen LogP contribution is -2.56. The molecule has 0 aromatic rings. The summed E-state index contributed by atoms with van der Waals surface area (Å²) in [7, 11) is 0. The molecule has 0 spiro atoms. The Balaban J connectivity index is 1.42. The first-order valence-electron chi connectivity index (χ1n) is 13.7. The second-order valence-corrected chi connectivity index (χ2v) is 13.0. The fourth-order valence-electron chi connectivity index (χ4n) is 9.87. The number of carboxylic acids is 1. The lowest BCUT2D eigenvalue weighted by molar-refractivity contribution is -0.149. The van der Waals surface area contributed by atoms with Crippen molar-refractivity contribution in [3.8, 4) is 0 Å². The standard InChI is InChI=1S/C29H48O3/c1-18(17-27(31)32)7-6-8-19(2)22-11-12-24-21-9-10-23-20(3)26(30)14-16-29(23,5)25(21)13-15-28(22,24)4/h17,19-26,30H,6-16H2,1-5H3,(H,31,32)/t19?,20-,21-,22+,23?,24-,25-,26-,28+,29-/m0/s1. The van der Waals surface area contributed by atoms with Gasteiger partial charge in [-0.15, -0.1) is 0 Å². The number of carbonyl (C=O) groups is 1. The van der Waals surface area contributed by atoms with Gasteiger partial charge in [0.2, 0.25) is 0 Å². The third-order valence-electron chi connectivity index (χ3n) is 11.5. The summed E-state index contributed by atoms with van der Waals surface area (Å²) in [5.74, 6) is 4.59. The van der Waals surface area contributed by atoms with Crippen LogP contribution in [0.5, 0.6) is 0 Å². The van der Waals surface area contributed by atoms with Crippen LogP contribution in [0.15, 0.2) is 11.6 Å². The predicted octanol–water partition coefficient (Wildman–Crippen LogP) is 7.09. The third kappa shape index (κ3) is 4.10. The van der Waals surface area contributed by atoms with Crippen LogP contribution in [0.3, 0.4) is 0 Å². The molecule has 0 aromatic heterocycles. The van der Waals surface area contributed by atoms with Gasteiger partial charge in [0.1, 0.15) is 0 Å². The van der Waals surface area contributed by atoms with E-state index in [2.05, 4.69) is 27.7 Å². The predicted molar refractivity (Wildman–Crippen MR) is 130 cm³/mol. The molecule has 4 fully saturated rings. The summed E-state index contributed by atoms with van der Waals surface area (Å²) in [4.78, 5) is 10.9. The number of hydrogen-bond acceptors (Lipinski definition) is 2. The van der Waals surface area contributed by atoms with Gasteiger partial charge in [-0.3, -0.25) is 0 Å². The summed E-state index contributed by atoms with van der Waals surface area (Å²) in [5.41, 5.74) is 1.94. The van der Waals surface area contributed by atoms with Crippen molar-refractivity contribution in [3.63, 3.8) is 0 Å². The van der Waals surface area contributed by atoms with Crippen molar-refractivity contribution in [1.82, 2.24) is 0 Å². The molecule has 10 atom stereocenters. The van der Waals surface area contributed by atoms with Crippen LogP contribution in [0.1, 0.15) is 105 Å². The Morgan fingerprint density at radius 1 is 1.00 bits per heavy atom. The topological polar surface area (TPSA) is 57.5 Å². The molecule has 4 saturated carbocycles. The Hall–Kier alpha value is -0.830. The van der Waals surface area contributed by atoms with E-state index in [0.717, 1.165) is 60.3 Å². The molecule has 0 amide bonds. The van der Waals surface area contributed by atoms with Crippen LogP contribution in [0.2, 0.25) is 0 Å². The zero-order valence-electron chi connectivity index (χ0n) is 21.3. The first-order chi connectivity index (χ1) is 15.1. The molecule has 3 nitrogen and oxygen atoms in total. The van der Waals surface area contributed by atoms with Gasteiger partial charge in [0, 0.05) is 6.08 Å². The van der Waals surface area contributed by atoms with E-state index in [1.54, 1.807) is 0 Å². The molecule has 0 bridgehead atoms. The van der Waals surface area contributed by atoms with Crippen LogP contribution in [-0.2, 0) is 4.79 Å². The maximum atomic E-state index is 10.9. The highest BCUT2D eigenvalue weighted by Gasteiger charge is 2.61. The molecule has 0 radical (unpaired) electrons. The van der Waals surface area contributed by atoms with Gasteiger partial charge >= 0.3 is 5.97 Å². The first kappa shape index (κ1) is 24.3. The van der Waals surface area contributed by atoms with Gasteiger partial charge < -0.3 is 10.2 Å². The van der Waals surface area contributed by atoms with Crippen LogP contribution in [0, 0.1) is 52.3 Å². The molecule has 2 N–H and O–H groups in total. The molecule has 0 aromatic carbocycles. The summed E-state index contributed by atoms with van der Waals surface area (Å²) in [5, 5.41) is 19.5. The van der Waals surface area contributed by atoms with Crippen molar-refractivity contribution in [2.24, 2.45) is 52.3 Å². The largest absolute Gasteiger partial charge is 0.478 e. The number of rotatable bonds is 6. The van der Waals surface area contributed by atoms with E-state index in [4.69, 9.17) is 5.11 Å². The Bertz CT molecular complexity index is 728. The number of aliphatic hydroxyl groups is 1. The second kappa shape index (κ2) is 9.08. The molecule has 4 rings (SSSR count). The van der Waals surface area contributed by atoms with Crippen molar-refractivity contribution in [2.75, 3.05) is 0 Å². The van der Waals surface area contributed by atoms with Gasteiger partial charge in [-0.2, -0.15) is 0 Å². The van der Waals surface area contributed by atoms with E-state index in [1.807, 2.05) is 6.92 Å². The van der Waals surface area contributed by atoms with E-state index >= 15 is 0 Å². The van der Waals surface area contributed by atoms with E-state index in [9.17, 15) is 9.90 Å². The van der Waals surface area contributed by atoms with Crippen LogP contribution in [0.4, 0.5) is 0 Å². The van der Waals surface area contributed by atoms with E-state index in [-0.39, 0.29) is 6.10 Å². The second-order valence-electron chi connectivity index (χ2n) is 13.0. The highest BCUT2D eigenvalue weighted by Crippen LogP contribution is 2.68. The minimum Gasteiger partial charge on any atom is -0.478 e. The van der Waals surface area contributed by atoms with Gasteiger partial charge in [-0.1, -0.05) is 39.7 Å². The molecular weight excluding hydrogens is 396 g/mol. The number of fused-ring (bicyclic) bond motifs is 5. The monoisotopic (exact) mass is 444 g/mol. The van der Waals surface area contributed by atoms with Crippen LogP contribution < -0.4 is 0 Å². The molecule has 0 aliphatic heterocycles. The average molecular weight is 445 g/mol. The fraction of sp³-hybridized carbons (Fsp3) is 0.897. The van der Waals surface area contributed by atoms with Crippen molar-refractivity contribution >= 4 is 5.97 Å². The van der Waals surface area contributed by atoms with Gasteiger partial charge in [-0.25, -0.2) is 4.79 Å². The van der Waals surface area contributed by atoms with E-state index < -0.39 is 5.97 Å². The van der Waals surface area contributed by atoms with Crippen LogP contribution in [-0.4, -0.2) is 22.3 Å². The number of aliphatic carboxylic acids is 1. The average Bonchev–Trinajstić information content (AvgIpc) is 3.08. The normalized spacial score (nSPS) is 47.3. The summed E-state index contributed by atoms with van der Waals surface area (Å²) >= 11 is 0. The van der Waals surface area contributed by atoms with Gasteiger partial charge in [0.25, 0.3) is 0 Å². The smallest absolute Gasteiger partial charge is 0.328 e. The molecule has 3 heteroatoms. The summed E-state index contributed by atoms with van der Waals surface area (Å²) in [6.45, 7) is 12.0. The van der Waals surface area contributed by atoms with Crippen molar-refractivity contribution in [1.29, 1.82) is 0 Å². The Labute approximate surface area is 196 Å². The number of carboxylic acid groups (broad SMARTS) is 1. The summed E-state index contributed by atoms with van der Waals surface area (Å²) < 4.78 is 0. The molecule has 32 heavy (non-hydrogen) atoms. The van der Waals surface area contributed by atoms with E-state index in [1.165, 1.54) is 57.4 Å². The van der Waals surface area contributed by atoms with Gasteiger partial charge in [0.05, 0.1) is 6.10 Å². The molecule has 2 unspecified atom stereocenters.